The van der Waals surface area contributed by atoms with E-state index < -0.39 is 5.63 Å². The average Bonchev–Trinajstić information content (AvgIpc) is 2.65. The van der Waals surface area contributed by atoms with Crippen LogP contribution in [0.4, 0.5) is 0 Å². The number of likely N-dealkylation sites (tertiary alicyclic amines) is 1. The second-order valence-corrected chi connectivity index (χ2v) is 7.22. The highest BCUT2D eigenvalue weighted by Crippen LogP contribution is 2.23. The summed E-state index contributed by atoms with van der Waals surface area (Å²) < 4.78 is 11.0. The number of carbonyl (C=O) groups is 2. The molecule has 144 valence electrons. The third-order valence-electron chi connectivity index (χ3n) is 4.82. The molecule has 1 atom stereocenters. The monoisotopic (exact) mass is 371 g/mol. The van der Waals surface area contributed by atoms with Gasteiger partial charge in [-0.05, 0) is 44.9 Å². The smallest absolute Gasteiger partial charge is 0.349 e. The number of ketones is 1. The van der Waals surface area contributed by atoms with Crippen molar-refractivity contribution in [3.8, 4) is 5.75 Å². The summed E-state index contributed by atoms with van der Waals surface area (Å²) in [5.41, 5.74) is -0.282. The fourth-order valence-electron chi connectivity index (χ4n) is 3.47. The van der Waals surface area contributed by atoms with Gasteiger partial charge in [0.15, 0.2) is 0 Å². The molecule has 1 fully saturated rings. The summed E-state index contributed by atoms with van der Waals surface area (Å²) in [6.45, 7) is 6.57. The van der Waals surface area contributed by atoms with Crippen molar-refractivity contribution in [2.75, 3.05) is 13.1 Å². The predicted molar refractivity (Wildman–Crippen MR) is 102 cm³/mol. The predicted octanol–water partition coefficient (Wildman–Crippen LogP) is 3.41. The van der Waals surface area contributed by atoms with E-state index in [4.69, 9.17) is 9.15 Å². The molecule has 0 radical (unpaired) electrons. The number of hydrogen-bond donors (Lipinski definition) is 0. The zero-order valence-electron chi connectivity index (χ0n) is 16.0. The molecular weight excluding hydrogens is 346 g/mol. The molecule has 6 heteroatoms. The normalized spacial score (nSPS) is 17.3. The van der Waals surface area contributed by atoms with E-state index in [2.05, 4.69) is 0 Å². The number of nitrogens with zero attached hydrogens (tertiary/aromatic N) is 1. The van der Waals surface area contributed by atoms with Gasteiger partial charge in [0.05, 0.1) is 6.10 Å². The van der Waals surface area contributed by atoms with Crippen LogP contribution in [-0.4, -0.2) is 35.8 Å². The SMILES string of the molecule is CCC(=O)C1CCCN(C(=O)c2cc3ccc(OC(C)C)cc3oc2=O)C1. The third kappa shape index (κ3) is 4.21. The minimum absolute atomic E-state index is 0.00428. The first-order chi connectivity index (χ1) is 12.9. The average molecular weight is 371 g/mol. The van der Waals surface area contributed by atoms with E-state index in [9.17, 15) is 14.4 Å². The van der Waals surface area contributed by atoms with Gasteiger partial charge in [0.25, 0.3) is 5.91 Å². The van der Waals surface area contributed by atoms with Crippen LogP contribution in [0, 0.1) is 5.92 Å². The van der Waals surface area contributed by atoms with Gasteiger partial charge in [0, 0.05) is 36.9 Å². The Kier molecular flexibility index (Phi) is 5.63. The fraction of sp³-hybridized carbons (Fsp3) is 0.476. The third-order valence-corrected chi connectivity index (χ3v) is 4.82. The van der Waals surface area contributed by atoms with Gasteiger partial charge < -0.3 is 14.1 Å². The first-order valence-electron chi connectivity index (χ1n) is 9.45. The van der Waals surface area contributed by atoms with Crippen LogP contribution in [0.2, 0.25) is 0 Å². The highest BCUT2D eigenvalue weighted by molar-refractivity contribution is 5.97. The first-order valence-corrected chi connectivity index (χ1v) is 9.45. The lowest BCUT2D eigenvalue weighted by molar-refractivity contribution is -0.123. The lowest BCUT2D eigenvalue weighted by Gasteiger charge is -2.31. The Hall–Kier alpha value is -2.63. The molecule has 27 heavy (non-hydrogen) atoms. The summed E-state index contributed by atoms with van der Waals surface area (Å²) in [7, 11) is 0. The molecule has 0 spiro atoms. The van der Waals surface area contributed by atoms with Crippen LogP contribution in [0.5, 0.6) is 5.75 Å². The molecule has 1 aliphatic rings. The summed E-state index contributed by atoms with van der Waals surface area (Å²) in [4.78, 5) is 38.8. The summed E-state index contributed by atoms with van der Waals surface area (Å²) >= 11 is 0. The van der Waals surface area contributed by atoms with Gasteiger partial charge in [0.1, 0.15) is 22.7 Å². The maximum Gasteiger partial charge on any atom is 0.349 e. The molecule has 1 aromatic heterocycles. The van der Waals surface area contributed by atoms with Crippen molar-refractivity contribution in [3.05, 3.63) is 40.2 Å². The van der Waals surface area contributed by atoms with Gasteiger partial charge in [-0.1, -0.05) is 6.92 Å². The molecule has 1 unspecified atom stereocenters. The zero-order chi connectivity index (χ0) is 19.6. The van der Waals surface area contributed by atoms with Crippen molar-refractivity contribution in [3.63, 3.8) is 0 Å². The number of carbonyl (C=O) groups excluding carboxylic acids is 2. The number of hydrogen-bond acceptors (Lipinski definition) is 5. The van der Waals surface area contributed by atoms with Crippen LogP contribution < -0.4 is 10.4 Å². The fourth-order valence-corrected chi connectivity index (χ4v) is 3.47. The Labute approximate surface area is 158 Å². The van der Waals surface area contributed by atoms with Gasteiger partial charge in [-0.3, -0.25) is 9.59 Å². The second kappa shape index (κ2) is 7.94. The number of benzene rings is 1. The lowest BCUT2D eigenvalue weighted by atomic mass is 9.92. The molecule has 0 aliphatic carbocycles. The Balaban J connectivity index is 1.87. The topological polar surface area (TPSA) is 76.8 Å². The summed E-state index contributed by atoms with van der Waals surface area (Å²) in [6, 6.07) is 6.77. The van der Waals surface area contributed by atoms with Crippen LogP contribution in [0.15, 0.2) is 33.5 Å². The Bertz CT molecular complexity index is 914. The minimum atomic E-state index is -0.668. The Morgan fingerprint density at radius 1 is 1.30 bits per heavy atom. The maximum atomic E-state index is 12.9. The number of ether oxygens (including phenoxy) is 1. The van der Waals surface area contributed by atoms with E-state index in [1.165, 1.54) is 0 Å². The molecule has 3 rings (SSSR count). The van der Waals surface area contributed by atoms with E-state index in [1.807, 2.05) is 20.8 Å². The van der Waals surface area contributed by atoms with Crippen LogP contribution in [0.3, 0.4) is 0 Å². The van der Waals surface area contributed by atoms with Gasteiger partial charge in [-0.2, -0.15) is 0 Å². The van der Waals surface area contributed by atoms with Crippen molar-refractivity contribution in [2.45, 2.75) is 46.1 Å². The molecule has 6 nitrogen and oxygen atoms in total. The highest BCUT2D eigenvalue weighted by atomic mass is 16.5. The lowest BCUT2D eigenvalue weighted by Crippen LogP contribution is -2.43. The van der Waals surface area contributed by atoms with Gasteiger partial charge in [-0.25, -0.2) is 4.79 Å². The zero-order valence-corrected chi connectivity index (χ0v) is 16.0. The molecular formula is C21H25NO5. The number of fused-ring (bicyclic) bond motifs is 1. The number of amides is 1. The van der Waals surface area contributed by atoms with Gasteiger partial charge >= 0.3 is 5.63 Å². The molecule has 0 saturated carbocycles. The highest BCUT2D eigenvalue weighted by Gasteiger charge is 2.29. The molecule has 0 bridgehead atoms. The van der Waals surface area contributed by atoms with Crippen molar-refractivity contribution in [1.29, 1.82) is 0 Å². The van der Waals surface area contributed by atoms with Crippen LogP contribution in [0.25, 0.3) is 11.0 Å². The quantitative estimate of drug-likeness (QED) is 0.753. The standard InChI is InChI=1S/C21H25NO5/c1-4-18(23)15-6-5-9-22(12-15)20(24)17-10-14-7-8-16(26-13(2)3)11-19(14)27-21(17)25/h7-8,10-11,13,15H,4-6,9,12H2,1-3H3. The number of rotatable bonds is 5. The molecule has 1 aromatic carbocycles. The molecule has 1 amide bonds. The van der Waals surface area contributed by atoms with Gasteiger partial charge in [-0.15, -0.1) is 0 Å². The van der Waals surface area contributed by atoms with E-state index >= 15 is 0 Å². The maximum absolute atomic E-state index is 12.9. The molecule has 2 heterocycles. The summed E-state index contributed by atoms with van der Waals surface area (Å²) in [6.07, 6.45) is 2.03. The minimum Gasteiger partial charge on any atom is -0.491 e. The summed E-state index contributed by atoms with van der Waals surface area (Å²) in [5.74, 6) is 0.255. The molecule has 1 aliphatic heterocycles. The Morgan fingerprint density at radius 3 is 2.78 bits per heavy atom. The van der Waals surface area contributed by atoms with E-state index in [0.717, 1.165) is 12.8 Å². The van der Waals surface area contributed by atoms with E-state index in [0.29, 0.717) is 36.2 Å². The number of piperidine rings is 1. The van der Waals surface area contributed by atoms with Crippen molar-refractivity contribution in [1.82, 2.24) is 4.90 Å². The largest absolute Gasteiger partial charge is 0.491 e. The summed E-state index contributed by atoms with van der Waals surface area (Å²) in [5, 5.41) is 0.659. The van der Waals surface area contributed by atoms with Crippen LogP contribution in [0.1, 0.15) is 50.4 Å². The van der Waals surface area contributed by atoms with E-state index in [-0.39, 0.29) is 29.3 Å². The van der Waals surface area contributed by atoms with Crippen molar-refractivity contribution < 1.29 is 18.7 Å². The van der Waals surface area contributed by atoms with Crippen molar-refractivity contribution in [2.24, 2.45) is 5.92 Å². The van der Waals surface area contributed by atoms with Crippen LogP contribution >= 0.6 is 0 Å². The number of Topliss-reactive ketones (excluding diaryl/α,β-unsaturated/α-hetero) is 1. The molecule has 1 saturated heterocycles. The second-order valence-electron chi connectivity index (χ2n) is 7.22. The first kappa shape index (κ1) is 19.1. The molecule has 0 N–H and O–H groups in total. The van der Waals surface area contributed by atoms with E-state index in [1.54, 1.807) is 29.2 Å². The Morgan fingerprint density at radius 2 is 2.07 bits per heavy atom. The van der Waals surface area contributed by atoms with Crippen LogP contribution in [-0.2, 0) is 4.79 Å². The van der Waals surface area contributed by atoms with Gasteiger partial charge in [0.2, 0.25) is 0 Å². The van der Waals surface area contributed by atoms with Crippen molar-refractivity contribution >= 4 is 22.7 Å². The molecule has 2 aromatic rings.